The molecule has 1 heterocycles. The van der Waals surface area contributed by atoms with Crippen LogP contribution in [0.3, 0.4) is 0 Å². The summed E-state index contributed by atoms with van der Waals surface area (Å²) < 4.78 is 5.83. The van der Waals surface area contributed by atoms with Gasteiger partial charge in [0.15, 0.2) is 6.61 Å². The summed E-state index contributed by atoms with van der Waals surface area (Å²) in [7, 11) is 0. The van der Waals surface area contributed by atoms with Gasteiger partial charge in [-0.25, -0.2) is 0 Å². The summed E-state index contributed by atoms with van der Waals surface area (Å²) in [6.07, 6.45) is 0. The van der Waals surface area contributed by atoms with E-state index in [1.807, 2.05) is 48.5 Å². The average Bonchev–Trinajstić information content (AvgIpc) is 3.16. The van der Waals surface area contributed by atoms with Gasteiger partial charge in [0.1, 0.15) is 6.54 Å². The number of hydrogen-bond acceptors (Lipinski definition) is 5. The number of hydrogen-bond donors (Lipinski definition) is 1. The van der Waals surface area contributed by atoms with Gasteiger partial charge >= 0.3 is 5.97 Å². The molecule has 1 saturated heterocycles. The third-order valence-electron chi connectivity index (χ3n) is 7.73. The number of likely N-dealkylation sites (tertiary alicyclic amines) is 1. The molecule has 4 aliphatic rings. The van der Waals surface area contributed by atoms with Crippen LogP contribution < -0.4 is 5.32 Å². The van der Waals surface area contributed by atoms with Crippen LogP contribution in [0.4, 0.5) is 5.69 Å². The minimum Gasteiger partial charge on any atom is -0.454 e. The fraction of sp³-hybridized carbons (Fsp3) is 0.241. The van der Waals surface area contributed by atoms with Crippen molar-refractivity contribution in [3.63, 3.8) is 0 Å². The number of imide groups is 1. The zero-order valence-electron chi connectivity index (χ0n) is 20.2. The van der Waals surface area contributed by atoms with Crippen molar-refractivity contribution in [2.75, 3.05) is 18.5 Å². The van der Waals surface area contributed by atoms with Gasteiger partial charge in [0, 0.05) is 22.0 Å². The Labute approximate surface area is 232 Å². The van der Waals surface area contributed by atoms with Crippen molar-refractivity contribution in [1.82, 2.24) is 4.90 Å². The molecule has 2 bridgehead atoms. The first-order valence-corrected chi connectivity index (χ1v) is 13.4. The van der Waals surface area contributed by atoms with E-state index in [1.165, 1.54) is 0 Å². The summed E-state index contributed by atoms with van der Waals surface area (Å²) in [5.41, 5.74) is 5.49. The van der Waals surface area contributed by atoms with Gasteiger partial charge in [-0.15, -0.1) is 0 Å². The largest absolute Gasteiger partial charge is 0.454 e. The number of halogens is 2. The minimum absolute atomic E-state index is 0.248. The summed E-state index contributed by atoms with van der Waals surface area (Å²) in [6, 6.07) is 19.2. The highest BCUT2D eigenvalue weighted by Crippen LogP contribution is 2.60. The van der Waals surface area contributed by atoms with E-state index in [9.17, 15) is 19.2 Å². The molecule has 0 saturated carbocycles. The van der Waals surface area contributed by atoms with Gasteiger partial charge in [-0.2, -0.15) is 0 Å². The number of esters is 1. The van der Waals surface area contributed by atoms with E-state index in [2.05, 4.69) is 21.2 Å². The molecular weight excluding hydrogens is 572 g/mol. The normalized spacial score (nSPS) is 22.6. The maximum Gasteiger partial charge on any atom is 0.326 e. The topological polar surface area (TPSA) is 92.8 Å². The molecule has 2 atom stereocenters. The van der Waals surface area contributed by atoms with E-state index >= 15 is 0 Å². The fourth-order valence-electron chi connectivity index (χ4n) is 6.18. The Morgan fingerprint density at radius 3 is 1.92 bits per heavy atom. The second kappa shape index (κ2) is 9.36. The second-order valence-electron chi connectivity index (χ2n) is 9.82. The zero-order valence-corrected chi connectivity index (χ0v) is 22.6. The highest BCUT2D eigenvalue weighted by atomic mass is 79.9. The van der Waals surface area contributed by atoms with Crippen LogP contribution in [0.5, 0.6) is 0 Å². The van der Waals surface area contributed by atoms with E-state index < -0.39 is 36.9 Å². The molecule has 1 aliphatic heterocycles. The summed E-state index contributed by atoms with van der Waals surface area (Å²) >= 11 is 9.43. The van der Waals surface area contributed by atoms with Gasteiger partial charge in [-0.3, -0.25) is 24.1 Å². The number of carbonyl (C=O) groups excluding carboxylic acids is 4. The van der Waals surface area contributed by atoms with Crippen LogP contribution in [0.15, 0.2) is 65.1 Å². The lowest BCUT2D eigenvalue weighted by molar-refractivity contribution is -0.154. The SMILES string of the molecule is Cc1cc(Br)c(Cl)cc1NC(=O)COC(=O)CN1C(=O)[C@@H]2C3c4ccccc4C(c4ccccc43)[C@@H]2C1=O. The van der Waals surface area contributed by atoms with Gasteiger partial charge in [0.05, 0.1) is 16.9 Å². The standard InChI is InChI=1S/C29H22BrClN2O5/c1-14-10-19(30)20(31)11-21(14)32-22(34)13-38-23(35)12-33-28(36)26-24-15-6-2-3-7-16(15)25(27(26)29(33)37)18-9-5-4-8-17(18)24/h2-11,24-27H,12-13H2,1H3,(H,32,34)/t24?,25?,26-,27+. The van der Waals surface area contributed by atoms with Crippen molar-refractivity contribution in [3.8, 4) is 0 Å². The van der Waals surface area contributed by atoms with E-state index in [0.29, 0.717) is 15.2 Å². The molecule has 3 aromatic carbocycles. The monoisotopic (exact) mass is 592 g/mol. The van der Waals surface area contributed by atoms with Crippen molar-refractivity contribution in [2.45, 2.75) is 18.8 Å². The first-order valence-electron chi connectivity index (χ1n) is 12.2. The number of amides is 3. The number of anilines is 1. The Morgan fingerprint density at radius 1 is 0.921 bits per heavy atom. The number of nitrogens with one attached hydrogen (secondary N) is 1. The van der Waals surface area contributed by atoms with E-state index in [-0.39, 0.29) is 23.7 Å². The lowest BCUT2D eigenvalue weighted by atomic mass is 9.55. The molecule has 1 N–H and O–H groups in total. The van der Waals surface area contributed by atoms with Crippen LogP contribution in [0.1, 0.15) is 39.7 Å². The molecule has 192 valence electrons. The highest BCUT2D eigenvalue weighted by molar-refractivity contribution is 9.10. The molecule has 7 rings (SSSR count). The number of carbonyl (C=O) groups is 4. The predicted octanol–water partition coefficient (Wildman–Crippen LogP) is 4.78. The van der Waals surface area contributed by atoms with E-state index in [1.54, 1.807) is 19.1 Å². The molecular formula is C29H22BrClN2O5. The highest BCUT2D eigenvalue weighted by Gasteiger charge is 2.61. The van der Waals surface area contributed by atoms with Gasteiger partial charge < -0.3 is 10.1 Å². The molecule has 0 radical (unpaired) electrons. The Kier molecular flexibility index (Phi) is 6.12. The van der Waals surface area contributed by atoms with Crippen molar-refractivity contribution in [3.05, 3.63) is 98.0 Å². The number of ether oxygens (including phenoxy) is 1. The number of aryl methyl sites for hydroxylation is 1. The predicted molar refractivity (Wildman–Crippen MR) is 144 cm³/mol. The van der Waals surface area contributed by atoms with Gasteiger partial charge in [0.2, 0.25) is 11.8 Å². The van der Waals surface area contributed by atoms with Crippen LogP contribution >= 0.6 is 27.5 Å². The first-order chi connectivity index (χ1) is 18.3. The molecule has 7 nitrogen and oxygen atoms in total. The maximum absolute atomic E-state index is 13.6. The van der Waals surface area contributed by atoms with Crippen molar-refractivity contribution in [2.24, 2.45) is 11.8 Å². The summed E-state index contributed by atoms with van der Waals surface area (Å²) in [5.74, 6) is -3.77. The van der Waals surface area contributed by atoms with Crippen LogP contribution in [0.25, 0.3) is 0 Å². The van der Waals surface area contributed by atoms with Gasteiger partial charge in [-0.05, 0) is 62.8 Å². The molecule has 3 amide bonds. The molecule has 0 aromatic heterocycles. The third-order valence-corrected chi connectivity index (χ3v) is 8.93. The van der Waals surface area contributed by atoms with E-state index in [4.69, 9.17) is 16.3 Å². The summed E-state index contributed by atoms with van der Waals surface area (Å²) in [4.78, 5) is 53.2. The molecule has 0 unspecified atom stereocenters. The minimum atomic E-state index is -0.826. The lowest BCUT2D eigenvalue weighted by Gasteiger charge is -2.45. The lowest BCUT2D eigenvalue weighted by Crippen LogP contribution is -2.41. The Balaban J connectivity index is 1.17. The fourth-order valence-corrected chi connectivity index (χ4v) is 6.80. The molecule has 3 aliphatic carbocycles. The van der Waals surface area contributed by atoms with Crippen molar-refractivity contribution in [1.29, 1.82) is 0 Å². The Hall–Kier alpha value is -3.49. The van der Waals surface area contributed by atoms with Gasteiger partial charge in [-0.1, -0.05) is 60.1 Å². The smallest absolute Gasteiger partial charge is 0.326 e. The van der Waals surface area contributed by atoms with Crippen molar-refractivity contribution < 1.29 is 23.9 Å². The van der Waals surface area contributed by atoms with Crippen LogP contribution in [-0.4, -0.2) is 41.7 Å². The molecule has 1 fully saturated rings. The quantitative estimate of drug-likeness (QED) is 0.339. The van der Waals surface area contributed by atoms with Gasteiger partial charge in [0.25, 0.3) is 5.91 Å². The van der Waals surface area contributed by atoms with Crippen molar-refractivity contribution >= 4 is 56.9 Å². The van der Waals surface area contributed by atoms with Crippen LogP contribution in [-0.2, 0) is 23.9 Å². The average molecular weight is 594 g/mol. The number of benzene rings is 3. The second-order valence-corrected chi connectivity index (χ2v) is 11.1. The Bertz CT molecular complexity index is 1420. The van der Waals surface area contributed by atoms with Crippen LogP contribution in [0, 0.1) is 18.8 Å². The molecule has 0 spiro atoms. The zero-order chi connectivity index (χ0) is 26.7. The maximum atomic E-state index is 13.6. The molecule has 9 heteroatoms. The summed E-state index contributed by atoms with van der Waals surface area (Å²) in [6.45, 7) is 0.709. The summed E-state index contributed by atoms with van der Waals surface area (Å²) in [5, 5.41) is 3.08. The van der Waals surface area contributed by atoms with Crippen LogP contribution in [0.2, 0.25) is 5.02 Å². The third kappa shape index (κ3) is 3.85. The Morgan fingerprint density at radius 2 is 1.42 bits per heavy atom. The molecule has 38 heavy (non-hydrogen) atoms. The first kappa shape index (κ1) is 24.8. The van der Waals surface area contributed by atoms with E-state index in [0.717, 1.165) is 32.7 Å². The number of nitrogens with zero attached hydrogens (tertiary/aromatic N) is 1. The number of rotatable bonds is 5. The molecule has 3 aromatic rings.